The summed E-state index contributed by atoms with van der Waals surface area (Å²) in [5.74, 6) is 1.65. The van der Waals surface area contributed by atoms with Gasteiger partial charge in [0.2, 0.25) is 5.91 Å². The minimum absolute atomic E-state index is 0.0841. The standard InChI is InChI=1S/C26H23N5O2S/c1-17-10-12-19(13-11-17)24-29-30-25-26(28-21-8-3-4-9-22(21)31(24)25)34-16-23(32)27-15-18-6-5-7-20(14-18)33-2/h3-14H,15-16H2,1-2H3,(H,27,32). The molecular weight excluding hydrogens is 446 g/mol. The molecule has 0 bridgehead atoms. The summed E-state index contributed by atoms with van der Waals surface area (Å²) >= 11 is 1.36. The lowest BCUT2D eigenvalue weighted by molar-refractivity contribution is -0.118. The molecule has 0 unspecified atom stereocenters. The van der Waals surface area contributed by atoms with Crippen molar-refractivity contribution in [1.82, 2.24) is 24.9 Å². The summed E-state index contributed by atoms with van der Waals surface area (Å²) in [7, 11) is 1.63. The van der Waals surface area contributed by atoms with Crippen LogP contribution in [0.25, 0.3) is 28.1 Å². The fourth-order valence-electron chi connectivity index (χ4n) is 3.71. The van der Waals surface area contributed by atoms with Gasteiger partial charge in [-0.25, -0.2) is 4.98 Å². The molecule has 0 fully saturated rings. The predicted molar refractivity (Wildman–Crippen MR) is 134 cm³/mol. The van der Waals surface area contributed by atoms with E-state index in [1.807, 2.05) is 65.1 Å². The Morgan fingerprint density at radius 1 is 1.03 bits per heavy atom. The molecule has 0 aliphatic rings. The molecule has 7 nitrogen and oxygen atoms in total. The van der Waals surface area contributed by atoms with Gasteiger partial charge in [0.15, 0.2) is 11.5 Å². The number of para-hydroxylation sites is 2. The average Bonchev–Trinajstić information content (AvgIpc) is 3.32. The number of nitrogens with one attached hydrogen (secondary N) is 1. The van der Waals surface area contributed by atoms with E-state index in [1.54, 1.807) is 7.11 Å². The normalized spacial score (nSPS) is 11.1. The summed E-state index contributed by atoms with van der Waals surface area (Å²) in [4.78, 5) is 17.3. The smallest absolute Gasteiger partial charge is 0.230 e. The van der Waals surface area contributed by atoms with E-state index in [0.717, 1.165) is 33.7 Å². The topological polar surface area (TPSA) is 81.4 Å². The summed E-state index contributed by atoms with van der Waals surface area (Å²) in [6.45, 7) is 2.48. The van der Waals surface area contributed by atoms with Crippen LogP contribution < -0.4 is 10.1 Å². The van der Waals surface area contributed by atoms with Gasteiger partial charge in [-0.1, -0.05) is 65.9 Å². The Bertz CT molecular complexity index is 1480. The first-order valence-corrected chi connectivity index (χ1v) is 11.8. The fraction of sp³-hybridized carbons (Fsp3) is 0.154. The number of rotatable bonds is 7. The van der Waals surface area contributed by atoms with Crippen molar-refractivity contribution < 1.29 is 9.53 Å². The number of benzene rings is 3. The van der Waals surface area contributed by atoms with E-state index >= 15 is 0 Å². The van der Waals surface area contributed by atoms with E-state index < -0.39 is 0 Å². The van der Waals surface area contributed by atoms with Crippen molar-refractivity contribution in [2.75, 3.05) is 12.9 Å². The second kappa shape index (κ2) is 9.52. The number of amides is 1. The highest BCUT2D eigenvalue weighted by Crippen LogP contribution is 2.29. The molecule has 0 atom stereocenters. The summed E-state index contributed by atoms with van der Waals surface area (Å²) < 4.78 is 7.26. The Hall–Kier alpha value is -3.91. The summed E-state index contributed by atoms with van der Waals surface area (Å²) in [5, 5.41) is 12.5. The molecule has 0 saturated heterocycles. The van der Waals surface area contributed by atoms with Gasteiger partial charge in [-0.3, -0.25) is 9.20 Å². The lowest BCUT2D eigenvalue weighted by Crippen LogP contribution is -2.24. The van der Waals surface area contributed by atoms with Crippen LogP contribution in [-0.4, -0.2) is 38.4 Å². The van der Waals surface area contributed by atoms with Crippen LogP contribution in [0.15, 0.2) is 77.8 Å². The molecule has 1 N–H and O–H groups in total. The zero-order valence-electron chi connectivity index (χ0n) is 18.9. The third kappa shape index (κ3) is 4.45. The number of hydrogen-bond donors (Lipinski definition) is 1. The second-order valence-corrected chi connectivity index (χ2v) is 8.84. The molecule has 3 aromatic carbocycles. The Balaban J connectivity index is 1.40. The van der Waals surface area contributed by atoms with Gasteiger partial charge in [0, 0.05) is 12.1 Å². The van der Waals surface area contributed by atoms with E-state index in [0.29, 0.717) is 17.2 Å². The molecule has 5 rings (SSSR count). The Kier molecular flexibility index (Phi) is 6.14. The fourth-order valence-corrected chi connectivity index (χ4v) is 4.51. The van der Waals surface area contributed by atoms with Crippen LogP contribution in [0.2, 0.25) is 0 Å². The number of hydrogen-bond acceptors (Lipinski definition) is 6. The zero-order chi connectivity index (χ0) is 23.5. The van der Waals surface area contributed by atoms with Gasteiger partial charge in [-0.2, -0.15) is 0 Å². The van der Waals surface area contributed by atoms with Gasteiger partial charge in [-0.05, 0) is 36.8 Å². The average molecular weight is 470 g/mol. The number of carbonyl (C=O) groups excluding carboxylic acids is 1. The van der Waals surface area contributed by atoms with Gasteiger partial charge in [0.05, 0.1) is 23.9 Å². The highest BCUT2D eigenvalue weighted by atomic mass is 32.2. The van der Waals surface area contributed by atoms with Crippen LogP contribution in [-0.2, 0) is 11.3 Å². The van der Waals surface area contributed by atoms with Crippen molar-refractivity contribution in [3.05, 3.63) is 83.9 Å². The van der Waals surface area contributed by atoms with Gasteiger partial charge in [-0.15, -0.1) is 10.2 Å². The first-order valence-electron chi connectivity index (χ1n) is 10.9. The molecule has 0 radical (unpaired) electrons. The number of aromatic nitrogens is 4. The Labute approximate surface area is 201 Å². The van der Waals surface area contributed by atoms with Crippen molar-refractivity contribution in [2.24, 2.45) is 0 Å². The molecule has 170 valence electrons. The van der Waals surface area contributed by atoms with Crippen LogP contribution in [0.3, 0.4) is 0 Å². The third-order valence-corrected chi connectivity index (χ3v) is 6.43. The van der Waals surface area contributed by atoms with Gasteiger partial charge < -0.3 is 10.1 Å². The molecule has 1 amide bonds. The van der Waals surface area contributed by atoms with Crippen LogP contribution in [0.4, 0.5) is 0 Å². The molecule has 0 saturated carbocycles. The second-order valence-electron chi connectivity index (χ2n) is 7.87. The maximum atomic E-state index is 12.6. The molecular formula is C26H23N5O2S. The number of thioether (sulfide) groups is 1. The minimum atomic E-state index is -0.0841. The maximum Gasteiger partial charge on any atom is 0.230 e. The molecule has 2 heterocycles. The largest absolute Gasteiger partial charge is 0.497 e. The van der Waals surface area contributed by atoms with Crippen molar-refractivity contribution in [1.29, 1.82) is 0 Å². The van der Waals surface area contributed by atoms with Gasteiger partial charge >= 0.3 is 0 Å². The van der Waals surface area contributed by atoms with Crippen molar-refractivity contribution in [3.8, 4) is 17.1 Å². The van der Waals surface area contributed by atoms with Crippen LogP contribution >= 0.6 is 11.8 Å². The van der Waals surface area contributed by atoms with E-state index in [1.165, 1.54) is 17.3 Å². The number of ether oxygens (including phenoxy) is 1. The highest BCUT2D eigenvalue weighted by molar-refractivity contribution is 8.00. The van der Waals surface area contributed by atoms with Crippen molar-refractivity contribution in [3.63, 3.8) is 0 Å². The number of aryl methyl sites for hydroxylation is 1. The maximum absolute atomic E-state index is 12.6. The first-order chi connectivity index (χ1) is 16.6. The lowest BCUT2D eigenvalue weighted by atomic mass is 10.1. The number of fused-ring (bicyclic) bond motifs is 3. The van der Waals surface area contributed by atoms with E-state index in [9.17, 15) is 4.79 Å². The van der Waals surface area contributed by atoms with Crippen LogP contribution in [0.5, 0.6) is 5.75 Å². The van der Waals surface area contributed by atoms with Gasteiger partial charge in [0.25, 0.3) is 0 Å². The van der Waals surface area contributed by atoms with Crippen LogP contribution in [0, 0.1) is 6.92 Å². The third-order valence-electron chi connectivity index (χ3n) is 5.47. The van der Waals surface area contributed by atoms with Gasteiger partial charge in [0.1, 0.15) is 10.8 Å². The van der Waals surface area contributed by atoms with E-state index in [2.05, 4.69) is 34.6 Å². The minimum Gasteiger partial charge on any atom is -0.497 e. The molecule has 0 spiro atoms. The van der Waals surface area contributed by atoms with E-state index in [-0.39, 0.29) is 11.7 Å². The summed E-state index contributed by atoms with van der Waals surface area (Å²) in [6.07, 6.45) is 0. The Morgan fingerprint density at radius 3 is 2.68 bits per heavy atom. The lowest BCUT2D eigenvalue weighted by Gasteiger charge is -2.09. The number of nitrogens with zero attached hydrogens (tertiary/aromatic N) is 4. The van der Waals surface area contributed by atoms with E-state index in [4.69, 9.17) is 9.72 Å². The van der Waals surface area contributed by atoms with Crippen molar-refractivity contribution >= 4 is 34.3 Å². The molecule has 0 aliphatic carbocycles. The molecule has 34 heavy (non-hydrogen) atoms. The highest BCUT2D eigenvalue weighted by Gasteiger charge is 2.17. The molecule has 2 aromatic heterocycles. The predicted octanol–water partition coefficient (Wildman–Crippen LogP) is 4.67. The molecule has 5 aromatic rings. The zero-order valence-corrected chi connectivity index (χ0v) is 19.7. The van der Waals surface area contributed by atoms with Crippen LogP contribution in [0.1, 0.15) is 11.1 Å². The first kappa shape index (κ1) is 21.9. The molecule has 8 heteroatoms. The Morgan fingerprint density at radius 2 is 1.85 bits per heavy atom. The monoisotopic (exact) mass is 469 g/mol. The number of carbonyl (C=O) groups is 1. The summed E-state index contributed by atoms with van der Waals surface area (Å²) in [5.41, 5.74) is 5.51. The van der Waals surface area contributed by atoms with Crippen molar-refractivity contribution in [2.45, 2.75) is 18.5 Å². The molecule has 0 aliphatic heterocycles. The summed E-state index contributed by atoms with van der Waals surface area (Å²) in [6, 6.07) is 23.7. The SMILES string of the molecule is COc1cccc(CNC(=O)CSc2nc3ccccc3n3c(-c4ccc(C)cc4)nnc23)c1. The quantitative estimate of drug-likeness (QED) is 0.349. The number of methoxy groups -OCH3 is 1.